The molecule has 2 unspecified atom stereocenters. The van der Waals surface area contributed by atoms with Gasteiger partial charge in [0.1, 0.15) is 0 Å². The van der Waals surface area contributed by atoms with Crippen LogP contribution in [0.2, 0.25) is 0 Å². The van der Waals surface area contributed by atoms with Gasteiger partial charge in [-0.2, -0.15) is 0 Å². The predicted molar refractivity (Wildman–Crippen MR) is 71.1 cm³/mol. The van der Waals surface area contributed by atoms with Gasteiger partial charge in [0.05, 0.1) is 19.1 Å². The van der Waals surface area contributed by atoms with E-state index in [1.807, 2.05) is 6.92 Å². The van der Waals surface area contributed by atoms with Crippen LogP contribution in [0, 0.1) is 0 Å². The van der Waals surface area contributed by atoms with Crippen molar-refractivity contribution >= 4 is 12.0 Å². The molecule has 19 heavy (non-hydrogen) atoms. The van der Waals surface area contributed by atoms with Crippen molar-refractivity contribution in [2.45, 2.75) is 51.7 Å². The van der Waals surface area contributed by atoms with Crippen molar-refractivity contribution in [3.63, 3.8) is 0 Å². The van der Waals surface area contributed by atoms with Gasteiger partial charge in [-0.15, -0.1) is 0 Å². The van der Waals surface area contributed by atoms with Crippen LogP contribution in [0.25, 0.3) is 0 Å². The number of nitrogens with one attached hydrogen (secondary N) is 1. The Morgan fingerprint density at radius 1 is 1.53 bits per heavy atom. The summed E-state index contributed by atoms with van der Waals surface area (Å²) < 4.78 is 5.34. The van der Waals surface area contributed by atoms with Crippen molar-refractivity contribution in [3.8, 4) is 0 Å². The Morgan fingerprint density at radius 2 is 2.26 bits per heavy atom. The Morgan fingerprint density at radius 3 is 2.89 bits per heavy atom. The highest BCUT2D eigenvalue weighted by Crippen LogP contribution is 2.09. The van der Waals surface area contributed by atoms with Crippen molar-refractivity contribution in [3.05, 3.63) is 0 Å². The molecule has 1 rings (SSSR count). The Kier molecular flexibility index (Phi) is 6.62. The summed E-state index contributed by atoms with van der Waals surface area (Å²) in [6.45, 7) is 5.37. The van der Waals surface area contributed by atoms with Crippen LogP contribution in [0.15, 0.2) is 0 Å². The number of rotatable bonds is 6. The van der Waals surface area contributed by atoms with Crippen molar-refractivity contribution in [2.75, 3.05) is 19.7 Å². The van der Waals surface area contributed by atoms with E-state index in [9.17, 15) is 9.59 Å². The molecule has 1 saturated heterocycles. The third kappa shape index (κ3) is 5.92. The van der Waals surface area contributed by atoms with Crippen molar-refractivity contribution in [1.82, 2.24) is 10.2 Å². The number of hydrogen-bond acceptors (Lipinski definition) is 3. The van der Waals surface area contributed by atoms with Crippen LogP contribution in [-0.2, 0) is 9.53 Å². The van der Waals surface area contributed by atoms with E-state index in [1.165, 1.54) is 0 Å². The molecule has 0 aromatic rings. The van der Waals surface area contributed by atoms with Gasteiger partial charge in [-0.25, -0.2) is 4.79 Å². The number of carbonyl (C=O) groups is 2. The van der Waals surface area contributed by atoms with Crippen LogP contribution in [-0.4, -0.2) is 53.8 Å². The minimum atomic E-state index is -0.899. The molecule has 1 heterocycles. The highest BCUT2D eigenvalue weighted by atomic mass is 16.5. The molecule has 6 nitrogen and oxygen atoms in total. The number of carbonyl (C=O) groups excluding carboxylic acids is 1. The number of morpholine rings is 1. The normalized spacial score (nSPS) is 20.9. The summed E-state index contributed by atoms with van der Waals surface area (Å²) in [5, 5.41) is 11.7. The van der Waals surface area contributed by atoms with Gasteiger partial charge >= 0.3 is 12.0 Å². The summed E-state index contributed by atoms with van der Waals surface area (Å²) in [6.07, 6.45) is 2.70. The van der Waals surface area contributed by atoms with Gasteiger partial charge < -0.3 is 20.1 Å². The van der Waals surface area contributed by atoms with Gasteiger partial charge in [-0.05, 0) is 13.3 Å². The van der Waals surface area contributed by atoms with Crippen LogP contribution in [0.5, 0.6) is 0 Å². The molecule has 2 N–H and O–H groups in total. The summed E-state index contributed by atoms with van der Waals surface area (Å²) in [5.74, 6) is -0.899. The van der Waals surface area contributed by atoms with Crippen LogP contribution < -0.4 is 5.32 Å². The molecule has 1 aliphatic heterocycles. The third-order valence-corrected chi connectivity index (χ3v) is 3.19. The van der Waals surface area contributed by atoms with Crippen molar-refractivity contribution < 1.29 is 19.4 Å². The van der Waals surface area contributed by atoms with Gasteiger partial charge in [0.25, 0.3) is 0 Å². The molecule has 6 heteroatoms. The first-order chi connectivity index (χ1) is 9.02. The maximum Gasteiger partial charge on any atom is 0.317 e. The summed E-state index contributed by atoms with van der Waals surface area (Å²) in [5.41, 5.74) is 0. The first-order valence-corrected chi connectivity index (χ1v) is 6.91. The molecule has 1 aliphatic rings. The second-order valence-corrected chi connectivity index (χ2v) is 5.03. The number of carboxylic acids is 1. The number of carboxylic acid groups (broad SMARTS) is 1. The number of aliphatic carboxylic acids is 1. The summed E-state index contributed by atoms with van der Waals surface area (Å²) >= 11 is 0. The monoisotopic (exact) mass is 272 g/mol. The predicted octanol–water partition coefficient (Wildman–Crippen LogP) is 1.45. The van der Waals surface area contributed by atoms with E-state index in [-0.39, 0.29) is 18.5 Å². The van der Waals surface area contributed by atoms with Crippen LogP contribution in [0.1, 0.15) is 39.5 Å². The lowest BCUT2D eigenvalue weighted by Gasteiger charge is -2.33. The Labute approximate surface area is 114 Å². The van der Waals surface area contributed by atoms with E-state index in [1.54, 1.807) is 4.90 Å². The van der Waals surface area contributed by atoms with E-state index < -0.39 is 12.1 Å². The molecule has 0 saturated carbocycles. The van der Waals surface area contributed by atoms with Gasteiger partial charge in [-0.1, -0.05) is 19.8 Å². The third-order valence-electron chi connectivity index (χ3n) is 3.19. The molecule has 110 valence electrons. The molecule has 2 amide bonds. The number of urea groups is 1. The van der Waals surface area contributed by atoms with E-state index in [0.717, 1.165) is 19.3 Å². The van der Waals surface area contributed by atoms with Gasteiger partial charge in [-0.3, -0.25) is 4.79 Å². The summed E-state index contributed by atoms with van der Waals surface area (Å²) in [7, 11) is 0. The fourth-order valence-corrected chi connectivity index (χ4v) is 2.11. The van der Waals surface area contributed by atoms with Crippen molar-refractivity contribution in [1.29, 1.82) is 0 Å². The molecule has 0 aromatic heterocycles. The molecule has 1 fully saturated rings. The van der Waals surface area contributed by atoms with E-state index >= 15 is 0 Å². The number of nitrogens with zero attached hydrogens (tertiary/aromatic N) is 1. The van der Waals surface area contributed by atoms with Crippen molar-refractivity contribution in [2.24, 2.45) is 0 Å². The lowest BCUT2D eigenvalue weighted by molar-refractivity contribution is -0.141. The maximum absolute atomic E-state index is 12.0. The Balaban J connectivity index is 2.37. The van der Waals surface area contributed by atoms with Crippen LogP contribution >= 0.6 is 0 Å². The molecule has 2 atom stereocenters. The average Bonchev–Trinajstić information content (AvgIpc) is 2.35. The van der Waals surface area contributed by atoms with E-state index in [0.29, 0.717) is 19.7 Å². The fourth-order valence-electron chi connectivity index (χ4n) is 2.11. The van der Waals surface area contributed by atoms with Gasteiger partial charge in [0, 0.05) is 19.1 Å². The minimum Gasteiger partial charge on any atom is -0.481 e. The first kappa shape index (κ1) is 15.8. The number of unbranched alkanes of at least 4 members (excludes halogenated alkanes) is 1. The molecule has 0 aromatic carbocycles. The SMILES string of the molecule is CCCCC(C)NC(=O)N1CCOC(CC(=O)O)C1. The standard InChI is InChI=1S/C13H24N2O4/c1-3-4-5-10(2)14-13(18)15-6-7-19-11(9-15)8-12(16)17/h10-11H,3-9H2,1-2H3,(H,14,18)(H,16,17). The largest absolute Gasteiger partial charge is 0.481 e. The maximum atomic E-state index is 12.0. The molecule has 0 radical (unpaired) electrons. The highest BCUT2D eigenvalue weighted by Gasteiger charge is 2.26. The molecular formula is C13H24N2O4. The summed E-state index contributed by atoms with van der Waals surface area (Å²) in [6, 6.07) is 0.0236. The zero-order valence-electron chi connectivity index (χ0n) is 11.7. The smallest absolute Gasteiger partial charge is 0.317 e. The van der Waals surface area contributed by atoms with Gasteiger partial charge in [0.2, 0.25) is 0 Å². The Bertz CT molecular complexity index is 309. The second kappa shape index (κ2) is 7.99. The molecule has 0 aliphatic carbocycles. The number of amides is 2. The minimum absolute atomic E-state index is 0.0603. The number of ether oxygens (including phenoxy) is 1. The zero-order valence-corrected chi connectivity index (χ0v) is 11.7. The van der Waals surface area contributed by atoms with Crippen LogP contribution in [0.4, 0.5) is 4.79 Å². The zero-order chi connectivity index (χ0) is 14.3. The molecule has 0 bridgehead atoms. The Hall–Kier alpha value is -1.30. The van der Waals surface area contributed by atoms with Gasteiger partial charge in [0.15, 0.2) is 0 Å². The van der Waals surface area contributed by atoms with Crippen LogP contribution in [0.3, 0.4) is 0 Å². The van der Waals surface area contributed by atoms with E-state index in [2.05, 4.69) is 12.2 Å². The first-order valence-electron chi connectivity index (χ1n) is 6.91. The number of hydrogen-bond donors (Lipinski definition) is 2. The second-order valence-electron chi connectivity index (χ2n) is 5.03. The van der Waals surface area contributed by atoms with E-state index in [4.69, 9.17) is 9.84 Å². The quantitative estimate of drug-likeness (QED) is 0.767. The topological polar surface area (TPSA) is 78.9 Å². The summed E-state index contributed by atoms with van der Waals surface area (Å²) in [4.78, 5) is 24.3. The lowest BCUT2D eigenvalue weighted by Crippen LogP contribution is -2.51. The molecule has 0 spiro atoms. The molecular weight excluding hydrogens is 248 g/mol. The highest BCUT2D eigenvalue weighted by molar-refractivity contribution is 5.75. The average molecular weight is 272 g/mol. The fraction of sp³-hybridized carbons (Fsp3) is 0.846. The lowest BCUT2D eigenvalue weighted by atomic mass is 10.1.